The van der Waals surface area contributed by atoms with Crippen LogP contribution in [-0.2, 0) is 4.74 Å². The molecule has 1 aliphatic heterocycles. The van der Waals surface area contributed by atoms with E-state index in [1.54, 1.807) is 6.26 Å². The Morgan fingerprint density at radius 1 is 1.00 bits per heavy atom. The molecule has 16 heavy (non-hydrogen) atoms. The summed E-state index contributed by atoms with van der Waals surface area (Å²) in [4.78, 5) is 4.25. The first kappa shape index (κ1) is 13.3. The van der Waals surface area contributed by atoms with Crippen molar-refractivity contribution in [3.8, 4) is 0 Å². The van der Waals surface area contributed by atoms with Gasteiger partial charge in [0.05, 0.1) is 6.26 Å². The lowest BCUT2D eigenvalue weighted by molar-refractivity contribution is 0.138. The van der Waals surface area contributed by atoms with Gasteiger partial charge in [0.25, 0.3) is 0 Å². The summed E-state index contributed by atoms with van der Waals surface area (Å²) in [5.74, 6) is 0. The molecule has 0 fully saturated rings. The van der Waals surface area contributed by atoms with E-state index in [2.05, 4.69) is 11.9 Å². The number of hydrogen-bond donors (Lipinski definition) is 0. The first-order valence-corrected chi connectivity index (χ1v) is 6.77. The molecular weight excluding hydrogens is 198 g/mol. The zero-order valence-electron chi connectivity index (χ0n) is 10.5. The lowest BCUT2D eigenvalue weighted by Gasteiger charge is -2.13. The van der Waals surface area contributed by atoms with Gasteiger partial charge in [-0.1, -0.05) is 51.9 Å². The van der Waals surface area contributed by atoms with Crippen molar-refractivity contribution in [1.82, 2.24) is 0 Å². The van der Waals surface area contributed by atoms with E-state index >= 15 is 0 Å². The highest BCUT2D eigenvalue weighted by atomic mass is 16.5. The minimum atomic E-state index is 0.0880. The van der Waals surface area contributed by atoms with Gasteiger partial charge in [0, 0.05) is 12.6 Å². The quantitative estimate of drug-likeness (QED) is 0.529. The highest BCUT2D eigenvalue weighted by Crippen LogP contribution is 2.13. The summed E-state index contributed by atoms with van der Waals surface area (Å²) in [5, 5.41) is 0. The zero-order valence-corrected chi connectivity index (χ0v) is 10.5. The molecule has 0 bridgehead atoms. The van der Waals surface area contributed by atoms with E-state index in [1.807, 2.05) is 12.3 Å². The molecule has 2 heteroatoms. The van der Waals surface area contributed by atoms with Crippen molar-refractivity contribution in [1.29, 1.82) is 0 Å². The molecule has 0 N–H and O–H groups in total. The predicted octanol–water partition coefficient (Wildman–Crippen LogP) is 4.46. The largest absolute Gasteiger partial charge is 0.476 e. The van der Waals surface area contributed by atoms with Crippen LogP contribution in [0.3, 0.4) is 0 Å². The van der Waals surface area contributed by atoms with Crippen molar-refractivity contribution in [2.45, 2.75) is 70.9 Å². The van der Waals surface area contributed by atoms with Crippen molar-refractivity contribution in [3.63, 3.8) is 0 Å². The molecule has 0 amide bonds. The van der Waals surface area contributed by atoms with Crippen LogP contribution < -0.4 is 0 Å². The monoisotopic (exact) mass is 223 g/mol. The van der Waals surface area contributed by atoms with Gasteiger partial charge in [-0.05, 0) is 12.5 Å². The van der Waals surface area contributed by atoms with Gasteiger partial charge in [-0.15, -0.1) is 0 Å². The van der Waals surface area contributed by atoms with Crippen LogP contribution in [0.5, 0.6) is 0 Å². The summed E-state index contributed by atoms with van der Waals surface area (Å²) in [5.41, 5.74) is 0. The van der Waals surface area contributed by atoms with E-state index in [0.717, 1.165) is 6.42 Å². The third kappa shape index (κ3) is 6.65. The van der Waals surface area contributed by atoms with Crippen LogP contribution in [0.1, 0.15) is 64.7 Å². The van der Waals surface area contributed by atoms with Crippen molar-refractivity contribution in [3.05, 3.63) is 12.3 Å². The van der Waals surface area contributed by atoms with Crippen molar-refractivity contribution >= 4 is 6.21 Å². The Balaban J connectivity index is 1.81. The first-order chi connectivity index (χ1) is 7.93. The number of hydrogen-bond acceptors (Lipinski definition) is 2. The smallest absolute Gasteiger partial charge is 0.188 e. The van der Waals surface area contributed by atoms with E-state index in [9.17, 15) is 0 Å². The number of rotatable bonds is 9. The average molecular weight is 223 g/mol. The van der Waals surface area contributed by atoms with Gasteiger partial charge in [0.15, 0.2) is 6.23 Å². The van der Waals surface area contributed by atoms with Gasteiger partial charge in [0.2, 0.25) is 0 Å². The molecule has 1 unspecified atom stereocenters. The SMILES string of the molecule is CCCCCCCCCCC1N=CC=CO1. The van der Waals surface area contributed by atoms with Gasteiger partial charge in [-0.2, -0.15) is 0 Å². The highest BCUT2D eigenvalue weighted by Gasteiger charge is 2.05. The average Bonchev–Trinajstić information content (AvgIpc) is 2.34. The molecule has 1 atom stereocenters. The maximum absolute atomic E-state index is 5.36. The molecule has 1 rings (SSSR count). The fourth-order valence-electron chi connectivity index (χ4n) is 1.95. The molecule has 0 aromatic heterocycles. The molecule has 0 aromatic carbocycles. The summed E-state index contributed by atoms with van der Waals surface area (Å²) in [6.07, 6.45) is 17.5. The summed E-state index contributed by atoms with van der Waals surface area (Å²) in [7, 11) is 0. The molecule has 0 radical (unpaired) electrons. The standard InChI is InChI=1S/C14H25NO/c1-2-3-4-5-6-7-8-9-11-14-15-12-10-13-16-14/h10,12-14H,2-9,11H2,1H3. The number of nitrogens with zero attached hydrogens (tertiary/aromatic N) is 1. The van der Waals surface area contributed by atoms with Gasteiger partial charge < -0.3 is 4.74 Å². The van der Waals surface area contributed by atoms with Crippen molar-refractivity contribution in [2.75, 3.05) is 0 Å². The molecule has 0 spiro atoms. The Kier molecular flexibility index (Phi) is 7.83. The Labute approximate surface area is 99.8 Å². The fourth-order valence-corrected chi connectivity index (χ4v) is 1.95. The number of unbranched alkanes of at least 4 members (excludes halogenated alkanes) is 7. The molecule has 1 heterocycles. The molecule has 92 valence electrons. The Morgan fingerprint density at radius 3 is 2.31 bits per heavy atom. The van der Waals surface area contributed by atoms with Gasteiger partial charge >= 0.3 is 0 Å². The van der Waals surface area contributed by atoms with Crippen molar-refractivity contribution in [2.24, 2.45) is 4.99 Å². The predicted molar refractivity (Wildman–Crippen MR) is 69.7 cm³/mol. The summed E-state index contributed by atoms with van der Waals surface area (Å²) in [6.45, 7) is 2.26. The first-order valence-electron chi connectivity index (χ1n) is 6.77. The minimum Gasteiger partial charge on any atom is -0.476 e. The third-order valence-corrected chi connectivity index (χ3v) is 2.96. The van der Waals surface area contributed by atoms with Crippen molar-refractivity contribution < 1.29 is 4.74 Å². The lowest BCUT2D eigenvalue weighted by atomic mass is 10.1. The summed E-state index contributed by atoms with van der Waals surface area (Å²) < 4.78 is 5.36. The molecule has 0 saturated heterocycles. The third-order valence-electron chi connectivity index (χ3n) is 2.96. The maximum atomic E-state index is 5.36. The number of aliphatic imine (C=N–C) groups is 1. The van der Waals surface area contributed by atoms with Crippen LogP contribution in [0.4, 0.5) is 0 Å². The van der Waals surface area contributed by atoms with Crippen LogP contribution in [0.25, 0.3) is 0 Å². The summed E-state index contributed by atoms with van der Waals surface area (Å²) >= 11 is 0. The molecule has 0 aromatic rings. The molecule has 1 aliphatic rings. The van der Waals surface area contributed by atoms with Crippen LogP contribution in [-0.4, -0.2) is 12.4 Å². The van der Waals surface area contributed by atoms with Crippen LogP contribution in [0, 0.1) is 0 Å². The van der Waals surface area contributed by atoms with E-state index < -0.39 is 0 Å². The Morgan fingerprint density at radius 2 is 1.69 bits per heavy atom. The fraction of sp³-hybridized carbons (Fsp3) is 0.786. The van der Waals surface area contributed by atoms with E-state index in [1.165, 1.54) is 51.4 Å². The Hall–Kier alpha value is -0.790. The topological polar surface area (TPSA) is 21.6 Å². The van der Waals surface area contributed by atoms with E-state index in [0.29, 0.717) is 0 Å². The maximum Gasteiger partial charge on any atom is 0.188 e. The highest BCUT2D eigenvalue weighted by molar-refractivity contribution is 5.71. The van der Waals surface area contributed by atoms with Crippen LogP contribution in [0.2, 0.25) is 0 Å². The van der Waals surface area contributed by atoms with Gasteiger partial charge in [-0.25, -0.2) is 0 Å². The van der Waals surface area contributed by atoms with E-state index in [-0.39, 0.29) is 6.23 Å². The van der Waals surface area contributed by atoms with Gasteiger partial charge in [0.1, 0.15) is 0 Å². The van der Waals surface area contributed by atoms with Crippen LogP contribution >= 0.6 is 0 Å². The molecule has 0 aliphatic carbocycles. The lowest BCUT2D eigenvalue weighted by Crippen LogP contribution is -2.08. The second kappa shape index (κ2) is 9.44. The molecular formula is C14H25NO. The normalized spacial score (nSPS) is 18.7. The molecule has 2 nitrogen and oxygen atoms in total. The number of allylic oxidation sites excluding steroid dienone is 1. The second-order valence-corrected chi connectivity index (χ2v) is 4.48. The number of ether oxygens (including phenoxy) is 1. The van der Waals surface area contributed by atoms with Gasteiger partial charge in [-0.3, -0.25) is 4.99 Å². The summed E-state index contributed by atoms with van der Waals surface area (Å²) in [6, 6.07) is 0. The van der Waals surface area contributed by atoms with Crippen LogP contribution in [0.15, 0.2) is 17.3 Å². The minimum absolute atomic E-state index is 0.0880. The zero-order chi connectivity index (χ0) is 11.5. The second-order valence-electron chi connectivity index (χ2n) is 4.48. The Bertz CT molecular complexity index is 211. The van der Waals surface area contributed by atoms with E-state index in [4.69, 9.17) is 4.74 Å². The molecule has 0 saturated carbocycles.